The molecule has 0 N–H and O–H groups in total. The molecule has 1 heterocycles. The SMILES string of the molecule is CCOC(=O)c1oc(-c2ccc(F)cc2Cl)nc1C(F)F. The number of nitrogens with zero attached hydrogens (tertiary/aromatic N) is 1. The maximum Gasteiger partial charge on any atom is 0.376 e. The lowest BCUT2D eigenvalue weighted by molar-refractivity contribution is 0.0476. The number of halogens is 4. The van der Waals surface area contributed by atoms with Gasteiger partial charge in [-0.2, -0.15) is 0 Å². The van der Waals surface area contributed by atoms with E-state index in [9.17, 15) is 18.0 Å². The van der Waals surface area contributed by atoms with Gasteiger partial charge in [0.05, 0.1) is 17.2 Å². The predicted octanol–water partition coefficient (Wildman–Crippen LogP) is 4.25. The second-order valence-electron chi connectivity index (χ2n) is 3.88. The Morgan fingerprint density at radius 1 is 1.48 bits per heavy atom. The molecule has 4 nitrogen and oxygen atoms in total. The van der Waals surface area contributed by atoms with Gasteiger partial charge in [0, 0.05) is 0 Å². The molecule has 0 unspecified atom stereocenters. The van der Waals surface area contributed by atoms with Crippen LogP contribution in [0, 0.1) is 5.82 Å². The third kappa shape index (κ3) is 3.18. The van der Waals surface area contributed by atoms with Crippen molar-refractivity contribution in [1.29, 1.82) is 0 Å². The van der Waals surface area contributed by atoms with E-state index in [-0.39, 0.29) is 23.1 Å². The molecular formula is C13H9ClF3NO3. The van der Waals surface area contributed by atoms with E-state index in [1.165, 1.54) is 13.0 Å². The summed E-state index contributed by atoms with van der Waals surface area (Å²) in [7, 11) is 0. The van der Waals surface area contributed by atoms with Crippen molar-refractivity contribution in [2.24, 2.45) is 0 Å². The van der Waals surface area contributed by atoms with Gasteiger partial charge in [-0.15, -0.1) is 0 Å². The van der Waals surface area contributed by atoms with E-state index in [1.807, 2.05) is 0 Å². The van der Waals surface area contributed by atoms with E-state index in [1.54, 1.807) is 0 Å². The number of carbonyl (C=O) groups excluding carboxylic acids is 1. The Balaban J connectivity index is 2.51. The average molecular weight is 320 g/mol. The van der Waals surface area contributed by atoms with Crippen LogP contribution in [0.4, 0.5) is 13.2 Å². The van der Waals surface area contributed by atoms with Crippen LogP contribution in [0.25, 0.3) is 11.5 Å². The number of hydrogen-bond donors (Lipinski definition) is 0. The first-order chi connectivity index (χ1) is 9.93. The number of ether oxygens (including phenoxy) is 1. The van der Waals surface area contributed by atoms with Crippen molar-refractivity contribution in [3.05, 3.63) is 40.5 Å². The number of carbonyl (C=O) groups is 1. The largest absolute Gasteiger partial charge is 0.460 e. The van der Waals surface area contributed by atoms with Gasteiger partial charge in [-0.1, -0.05) is 11.6 Å². The number of esters is 1. The molecule has 112 valence electrons. The standard InChI is InChI=1S/C13H9ClF3NO3/c1-2-20-13(19)10-9(11(16)17)18-12(21-10)7-4-3-6(15)5-8(7)14/h3-5,11H,2H2,1H3. The summed E-state index contributed by atoms with van der Waals surface area (Å²) in [5.41, 5.74) is -0.751. The maximum atomic E-state index is 13.0. The molecule has 2 aromatic rings. The van der Waals surface area contributed by atoms with Crippen LogP contribution in [-0.2, 0) is 4.74 Å². The lowest BCUT2D eigenvalue weighted by atomic mass is 10.2. The molecule has 8 heteroatoms. The molecule has 21 heavy (non-hydrogen) atoms. The van der Waals surface area contributed by atoms with Gasteiger partial charge in [0.15, 0.2) is 5.69 Å². The fraction of sp³-hybridized carbons (Fsp3) is 0.231. The maximum absolute atomic E-state index is 13.0. The summed E-state index contributed by atoms with van der Waals surface area (Å²) in [6, 6.07) is 3.26. The molecule has 0 fully saturated rings. The number of oxazole rings is 1. The van der Waals surface area contributed by atoms with E-state index >= 15 is 0 Å². The monoisotopic (exact) mass is 319 g/mol. The van der Waals surface area contributed by atoms with Gasteiger partial charge >= 0.3 is 5.97 Å². The Hall–Kier alpha value is -2.02. The Bertz CT molecular complexity index is 673. The topological polar surface area (TPSA) is 52.3 Å². The van der Waals surface area contributed by atoms with Gasteiger partial charge < -0.3 is 9.15 Å². The van der Waals surface area contributed by atoms with Crippen LogP contribution in [0.2, 0.25) is 5.02 Å². The summed E-state index contributed by atoms with van der Waals surface area (Å²) < 4.78 is 48.4. The smallest absolute Gasteiger partial charge is 0.376 e. The first kappa shape index (κ1) is 15.4. The number of hydrogen-bond acceptors (Lipinski definition) is 4. The van der Waals surface area contributed by atoms with Gasteiger partial charge in [-0.3, -0.25) is 0 Å². The molecule has 0 aliphatic rings. The molecule has 0 radical (unpaired) electrons. The fourth-order valence-electron chi connectivity index (χ4n) is 1.60. The summed E-state index contributed by atoms with van der Waals surface area (Å²) in [6.45, 7) is 1.52. The summed E-state index contributed by atoms with van der Waals surface area (Å²) in [5, 5.41) is -0.0764. The minimum Gasteiger partial charge on any atom is -0.460 e. The van der Waals surface area contributed by atoms with Crippen LogP contribution in [0.1, 0.15) is 29.6 Å². The lowest BCUT2D eigenvalue weighted by Crippen LogP contribution is -2.06. The van der Waals surface area contributed by atoms with Crippen molar-refractivity contribution < 1.29 is 27.1 Å². The van der Waals surface area contributed by atoms with Gasteiger partial charge in [-0.25, -0.2) is 22.9 Å². The van der Waals surface area contributed by atoms with Crippen molar-refractivity contribution >= 4 is 17.6 Å². The number of rotatable bonds is 4. The van der Waals surface area contributed by atoms with Crippen LogP contribution < -0.4 is 0 Å². The highest BCUT2D eigenvalue weighted by molar-refractivity contribution is 6.33. The second kappa shape index (κ2) is 6.17. The molecule has 0 saturated carbocycles. The molecule has 1 aromatic carbocycles. The molecule has 0 saturated heterocycles. The van der Waals surface area contributed by atoms with Crippen LogP contribution >= 0.6 is 11.6 Å². The fourth-order valence-corrected chi connectivity index (χ4v) is 1.85. The zero-order chi connectivity index (χ0) is 15.6. The van der Waals surface area contributed by atoms with E-state index < -0.39 is 29.7 Å². The summed E-state index contributed by atoms with van der Waals surface area (Å²) >= 11 is 5.80. The van der Waals surface area contributed by atoms with Crippen molar-refractivity contribution in [3.63, 3.8) is 0 Å². The third-order valence-corrected chi connectivity index (χ3v) is 2.80. The molecular weight excluding hydrogens is 311 g/mol. The zero-order valence-corrected chi connectivity index (χ0v) is 11.5. The summed E-state index contributed by atoms with van der Waals surface area (Å²) in [4.78, 5) is 15.1. The first-order valence-electron chi connectivity index (χ1n) is 5.85. The minimum absolute atomic E-state index is 0.00511. The van der Waals surface area contributed by atoms with Crippen LogP contribution in [0.3, 0.4) is 0 Å². The Morgan fingerprint density at radius 3 is 2.76 bits per heavy atom. The highest BCUT2D eigenvalue weighted by Gasteiger charge is 2.28. The van der Waals surface area contributed by atoms with Crippen molar-refractivity contribution in [3.8, 4) is 11.5 Å². The molecule has 0 aliphatic heterocycles. The molecule has 1 aromatic heterocycles. The highest BCUT2D eigenvalue weighted by atomic mass is 35.5. The molecule has 0 aliphatic carbocycles. The molecule has 0 amide bonds. The van der Waals surface area contributed by atoms with Gasteiger partial charge in [0.1, 0.15) is 5.82 Å². The highest BCUT2D eigenvalue weighted by Crippen LogP contribution is 2.32. The Kier molecular flexibility index (Phi) is 4.52. The van der Waals surface area contributed by atoms with E-state index in [4.69, 9.17) is 16.0 Å². The number of aromatic nitrogens is 1. The minimum atomic E-state index is -3.03. The van der Waals surface area contributed by atoms with Crippen molar-refractivity contribution in [1.82, 2.24) is 4.98 Å². The normalized spacial score (nSPS) is 11.0. The molecule has 0 bridgehead atoms. The van der Waals surface area contributed by atoms with Crippen molar-refractivity contribution in [2.75, 3.05) is 6.61 Å². The van der Waals surface area contributed by atoms with Gasteiger partial charge in [0.2, 0.25) is 11.7 Å². The van der Waals surface area contributed by atoms with Crippen LogP contribution in [-0.4, -0.2) is 17.6 Å². The Morgan fingerprint density at radius 2 is 2.19 bits per heavy atom. The first-order valence-corrected chi connectivity index (χ1v) is 6.23. The second-order valence-corrected chi connectivity index (χ2v) is 4.29. The quantitative estimate of drug-likeness (QED) is 0.791. The molecule has 0 atom stereocenters. The lowest BCUT2D eigenvalue weighted by Gasteiger charge is -2.00. The van der Waals surface area contributed by atoms with Crippen LogP contribution in [0.5, 0.6) is 0 Å². The average Bonchev–Trinajstić information content (AvgIpc) is 2.84. The van der Waals surface area contributed by atoms with Gasteiger partial charge in [-0.05, 0) is 25.1 Å². The van der Waals surface area contributed by atoms with E-state index in [0.717, 1.165) is 12.1 Å². The predicted molar refractivity (Wildman–Crippen MR) is 67.8 cm³/mol. The molecule has 0 spiro atoms. The summed E-state index contributed by atoms with van der Waals surface area (Å²) in [5.74, 6) is -2.65. The Labute approximate surface area is 122 Å². The third-order valence-electron chi connectivity index (χ3n) is 2.48. The summed E-state index contributed by atoms with van der Waals surface area (Å²) in [6.07, 6.45) is -3.03. The van der Waals surface area contributed by atoms with Crippen LogP contribution in [0.15, 0.2) is 22.6 Å². The van der Waals surface area contributed by atoms with E-state index in [0.29, 0.717) is 0 Å². The van der Waals surface area contributed by atoms with Crippen molar-refractivity contribution in [2.45, 2.75) is 13.3 Å². The van der Waals surface area contributed by atoms with E-state index in [2.05, 4.69) is 9.72 Å². The number of benzene rings is 1. The van der Waals surface area contributed by atoms with Gasteiger partial charge in [0.25, 0.3) is 6.43 Å². The zero-order valence-electron chi connectivity index (χ0n) is 10.7. The number of alkyl halides is 2. The molecule has 2 rings (SSSR count).